The number of ether oxygens (including phenoxy) is 3. The third kappa shape index (κ3) is 3.51. The van der Waals surface area contributed by atoms with Crippen LogP contribution in [0.5, 0.6) is 11.5 Å². The molecule has 1 saturated heterocycles. The minimum atomic E-state index is -0.604. The molecule has 1 amide bonds. The van der Waals surface area contributed by atoms with Crippen molar-refractivity contribution >= 4 is 35.0 Å². The van der Waals surface area contributed by atoms with Crippen LogP contribution >= 0.6 is 11.8 Å². The van der Waals surface area contributed by atoms with Gasteiger partial charge >= 0.3 is 5.97 Å². The van der Waals surface area contributed by atoms with E-state index >= 15 is 0 Å². The first-order valence-electron chi connectivity index (χ1n) is 6.45. The zero-order valence-corrected chi connectivity index (χ0v) is 12.8. The Bertz CT molecular complexity index is 757. The standard InChI is InChI=1S/C14H11N3O5S/c1-20-12(18)5-11-13(19)16-14(23-11)17-15-6-8-2-3-9-10(4-8)22-7-21-9/h2-6H,7H2,1H3,(H,16,17,19)/b11-5-,15-6+. The molecule has 0 radical (unpaired) electrons. The third-order valence-corrected chi connectivity index (χ3v) is 3.75. The topological polar surface area (TPSA) is 98.6 Å². The van der Waals surface area contributed by atoms with Crippen LogP contribution in [0, 0.1) is 0 Å². The summed E-state index contributed by atoms with van der Waals surface area (Å²) >= 11 is 1.01. The maximum atomic E-state index is 11.6. The van der Waals surface area contributed by atoms with Crippen molar-refractivity contribution in [3.05, 3.63) is 34.7 Å². The molecule has 23 heavy (non-hydrogen) atoms. The van der Waals surface area contributed by atoms with E-state index in [1.165, 1.54) is 13.3 Å². The van der Waals surface area contributed by atoms with Crippen molar-refractivity contribution in [3.8, 4) is 11.5 Å². The summed E-state index contributed by atoms with van der Waals surface area (Å²) in [6, 6.07) is 5.36. The molecule has 0 atom stereocenters. The molecule has 0 aromatic heterocycles. The van der Waals surface area contributed by atoms with Crippen LogP contribution in [0.2, 0.25) is 0 Å². The lowest BCUT2D eigenvalue weighted by Gasteiger charge is -1.96. The quantitative estimate of drug-likeness (QED) is 0.384. The zero-order valence-electron chi connectivity index (χ0n) is 11.9. The van der Waals surface area contributed by atoms with Gasteiger partial charge in [-0.2, -0.15) is 5.10 Å². The number of amides is 1. The fraction of sp³-hybridized carbons (Fsp3) is 0.143. The SMILES string of the molecule is COC(=O)/C=C1\S/C(=N\N=C\c2ccc3c(c2)OCO3)NC1=O. The molecule has 9 heteroatoms. The smallest absolute Gasteiger partial charge is 0.331 e. The number of hydrogen-bond donors (Lipinski definition) is 1. The molecular weight excluding hydrogens is 322 g/mol. The van der Waals surface area contributed by atoms with Crippen LogP contribution in [-0.2, 0) is 14.3 Å². The number of carbonyl (C=O) groups is 2. The molecule has 0 aliphatic carbocycles. The van der Waals surface area contributed by atoms with E-state index in [1.807, 2.05) is 0 Å². The number of hydrogen-bond acceptors (Lipinski definition) is 8. The molecule has 0 unspecified atom stereocenters. The Labute approximate surface area is 135 Å². The molecule has 0 spiro atoms. The van der Waals surface area contributed by atoms with Gasteiger partial charge in [-0.25, -0.2) is 4.79 Å². The Hall–Kier alpha value is -2.81. The van der Waals surface area contributed by atoms with Gasteiger partial charge in [-0.1, -0.05) is 0 Å². The molecule has 1 fully saturated rings. The average molecular weight is 333 g/mol. The predicted molar refractivity (Wildman–Crippen MR) is 83.4 cm³/mol. The zero-order chi connectivity index (χ0) is 16.2. The summed E-state index contributed by atoms with van der Waals surface area (Å²) in [4.78, 5) is 23.0. The highest BCUT2D eigenvalue weighted by Gasteiger charge is 2.25. The summed E-state index contributed by atoms with van der Waals surface area (Å²) in [6.45, 7) is 0.205. The number of thioether (sulfide) groups is 1. The van der Waals surface area contributed by atoms with E-state index < -0.39 is 11.9 Å². The lowest BCUT2D eigenvalue weighted by molar-refractivity contribution is -0.135. The van der Waals surface area contributed by atoms with E-state index in [9.17, 15) is 9.59 Å². The van der Waals surface area contributed by atoms with Crippen molar-refractivity contribution in [2.45, 2.75) is 0 Å². The van der Waals surface area contributed by atoms with Gasteiger partial charge in [0.2, 0.25) is 6.79 Å². The van der Waals surface area contributed by atoms with Gasteiger partial charge in [-0.05, 0) is 35.5 Å². The fourth-order valence-electron chi connectivity index (χ4n) is 1.78. The summed E-state index contributed by atoms with van der Waals surface area (Å²) in [6.07, 6.45) is 2.62. The molecule has 118 valence electrons. The highest BCUT2D eigenvalue weighted by Crippen LogP contribution is 2.32. The molecule has 1 aromatic carbocycles. The molecule has 0 bridgehead atoms. The van der Waals surface area contributed by atoms with Crippen LogP contribution in [-0.4, -0.2) is 37.2 Å². The second kappa shape index (κ2) is 6.53. The Balaban J connectivity index is 1.67. The van der Waals surface area contributed by atoms with Crippen molar-refractivity contribution in [2.75, 3.05) is 13.9 Å². The number of carbonyl (C=O) groups excluding carboxylic acids is 2. The average Bonchev–Trinajstić information content (AvgIpc) is 3.14. The molecule has 1 N–H and O–H groups in total. The van der Waals surface area contributed by atoms with Crippen molar-refractivity contribution in [2.24, 2.45) is 10.2 Å². The van der Waals surface area contributed by atoms with Gasteiger partial charge in [-0.3, -0.25) is 10.1 Å². The van der Waals surface area contributed by atoms with Crippen molar-refractivity contribution in [1.82, 2.24) is 5.32 Å². The normalized spacial score (nSPS) is 19.6. The third-order valence-electron chi connectivity index (χ3n) is 2.85. The lowest BCUT2D eigenvalue weighted by atomic mass is 10.2. The second-order valence-electron chi connectivity index (χ2n) is 4.35. The predicted octanol–water partition coefficient (Wildman–Crippen LogP) is 1.03. The van der Waals surface area contributed by atoms with E-state index in [0.717, 1.165) is 23.4 Å². The van der Waals surface area contributed by atoms with E-state index in [-0.39, 0.29) is 16.9 Å². The Morgan fingerprint density at radius 1 is 1.39 bits per heavy atom. The number of methoxy groups -OCH3 is 1. The number of benzene rings is 1. The molecular formula is C14H11N3O5S. The molecule has 2 aliphatic heterocycles. The maximum Gasteiger partial charge on any atom is 0.331 e. The lowest BCUT2D eigenvalue weighted by Crippen LogP contribution is -2.19. The molecule has 1 aromatic rings. The summed E-state index contributed by atoms with van der Waals surface area (Å²) in [7, 11) is 1.24. The van der Waals surface area contributed by atoms with E-state index in [1.54, 1.807) is 18.2 Å². The van der Waals surface area contributed by atoms with Crippen molar-refractivity contribution in [1.29, 1.82) is 0 Å². The minimum absolute atomic E-state index is 0.203. The largest absolute Gasteiger partial charge is 0.466 e. The Morgan fingerprint density at radius 2 is 2.22 bits per heavy atom. The van der Waals surface area contributed by atoms with Gasteiger partial charge in [0, 0.05) is 6.08 Å². The van der Waals surface area contributed by atoms with Crippen LogP contribution in [0.4, 0.5) is 0 Å². The van der Waals surface area contributed by atoms with Gasteiger partial charge in [0.05, 0.1) is 18.2 Å². The minimum Gasteiger partial charge on any atom is -0.466 e. The monoisotopic (exact) mass is 333 g/mol. The molecule has 0 saturated carbocycles. The van der Waals surface area contributed by atoms with Crippen LogP contribution in [0.1, 0.15) is 5.56 Å². The summed E-state index contributed by atoms with van der Waals surface area (Å²) in [5.41, 5.74) is 0.776. The van der Waals surface area contributed by atoms with Crippen molar-refractivity contribution < 1.29 is 23.8 Å². The van der Waals surface area contributed by atoms with Gasteiger partial charge in [0.1, 0.15) is 0 Å². The highest BCUT2D eigenvalue weighted by atomic mass is 32.2. The van der Waals surface area contributed by atoms with E-state index in [4.69, 9.17) is 9.47 Å². The van der Waals surface area contributed by atoms with Crippen molar-refractivity contribution in [3.63, 3.8) is 0 Å². The molecule has 8 nitrogen and oxygen atoms in total. The first-order valence-corrected chi connectivity index (χ1v) is 7.27. The van der Waals surface area contributed by atoms with Crippen LogP contribution < -0.4 is 14.8 Å². The first kappa shape index (κ1) is 15.1. The molecule has 2 heterocycles. The Morgan fingerprint density at radius 3 is 3.04 bits per heavy atom. The van der Waals surface area contributed by atoms with Crippen LogP contribution in [0.15, 0.2) is 39.4 Å². The number of rotatable bonds is 3. The van der Waals surface area contributed by atoms with Gasteiger partial charge in [0.15, 0.2) is 16.7 Å². The maximum absolute atomic E-state index is 11.6. The fourth-order valence-corrected chi connectivity index (χ4v) is 2.52. The highest BCUT2D eigenvalue weighted by molar-refractivity contribution is 8.18. The number of nitrogens with zero attached hydrogens (tertiary/aromatic N) is 2. The van der Waals surface area contributed by atoms with E-state index in [2.05, 4.69) is 20.3 Å². The number of esters is 1. The Kier molecular flexibility index (Phi) is 4.29. The second-order valence-corrected chi connectivity index (χ2v) is 5.38. The summed E-state index contributed by atoms with van der Waals surface area (Å²) < 4.78 is 14.9. The first-order chi connectivity index (χ1) is 11.2. The number of nitrogens with one attached hydrogen (secondary N) is 1. The van der Waals surface area contributed by atoms with Crippen LogP contribution in [0.25, 0.3) is 0 Å². The summed E-state index contributed by atoms with van der Waals surface area (Å²) in [5.74, 6) is 0.309. The summed E-state index contributed by atoms with van der Waals surface area (Å²) in [5, 5.41) is 10.6. The molecule has 3 rings (SSSR count). The molecule has 2 aliphatic rings. The number of amidine groups is 1. The van der Waals surface area contributed by atoms with Gasteiger partial charge in [-0.15, -0.1) is 5.10 Å². The van der Waals surface area contributed by atoms with Gasteiger partial charge < -0.3 is 14.2 Å². The van der Waals surface area contributed by atoms with Crippen LogP contribution in [0.3, 0.4) is 0 Å². The van der Waals surface area contributed by atoms with Gasteiger partial charge in [0.25, 0.3) is 5.91 Å². The van der Waals surface area contributed by atoms with E-state index in [0.29, 0.717) is 11.5 Å². The number of fused-ring (bicyclic) bond motifs is 1.